The van der Waals surface area contributed by atoms with Crippen LogP contribution in [0.25, 0.3) is 0 Å². The largest absolute Gasteiger partial charge is 0.492 e. The molecular formula is C21H20ClF3N2O2. The molecule has 2 aromatic rings. The molecule has 0 N–H and O–H groups in total. The summed E-state index contributed by atoms with van der Waals surface area (Å²) in [5.41, 5.74) is 0.784. The normalized spacial score (nSPS) is 19.5. The van der Waals surface area contributed by atoms with Crippen molar-refractivity contribution in [2.45, 2.75) is 12.6 Å². The van der Waals surface area contributed by atoms with Gasteiger partial charge in [-0.05, 0) is 48.4 Å². The first kappa shape index (κ1) is 19.9. The number of amides is 1. The minimum absolute atomic E-state index is 0.0133. The van der Waals surface area contributed by atoms with Crippen molar-refractivity contribution in [2.75, 3.05) is 37.7 Å². The van der Waals surface area contributed by atoms with Gasteiger partial charge in [0.05, 0.1) is 11.5 Å². The van der Waals surface area contributed by atoms with E-state index >= 15 is 0 Å². The van der Waals surface area contributed by atoms with Crippen LogP contribution in [0.1, 0.15) is 11.1 Å². The molecule has 0 aliphatic carbocycles. The minimum Gasteiger partial charge on any atom is -0.492 e. The van der Waals surface area contributed by atoms with E-state index in [0.29, 0.717) is 49.9 Å². The monoisotopic (exact) mass is 424 g/mol. The van der Waals surface area contributed by atoms with Gasteiger partial charge in [-0.15, -0.1) is 0 Å². The average molecular weight is 425 g/mol. The molecule has 4 nitrogen and oxygen atoms in total. The molecule has 2 aliphatic rings. The lowest BCUT2D eigenvalue weighted by atomic mass is 9.95. The summed E-state index contributed by atoms with van der Waals surface area (Å²) in [6.07, 6.45) is -3.80. The molecule has 2 aromatic carbocycles. The number of hydrogen-bond donors (Lipinski definition) is 0. The Hall–Kier alpha value is -2.41. The van der Waals surface area contributed by atoms with Gasteiger partial charge in [-0.25, -0.2) is 0 Å². The molecule has 4 rings (SSSR count). The fourth-order valence-corrected chi connectivity index (χ4v) is 4.04. The zero-order chi connectivity index (χ0) is 20.6. The summed E-state index contributed by atoms with van der Waals surface area (Å²) in [4.78, 5) is 16.6. The van der Waals surface area contributed by atoms with Crippen molar-refractivity contribution in [3.05, 3.63) is 58.6 Å². The quantitative estimate of drug-likeness (QED) is 0.722. The van der Waals surface area contributed by atoms with E-state index in [4.69, 9.17) is 16.3 Å². The van der Waals surface area contributed by atoms with Crippen LogP contribution in [-0.2, 0) is 17.4 Å². The van der Waals surface area contributed by atoms with E-state index < -0.39 is 11.7 Å². The van der Waals surface area contributed by atoms with Crippen molar-refractivity contribution < 1.29 is 22.7 Å². The predicted molar refractivity (Wildman–Crippen MR) is 104 cm³/mol. The van der Waals surface area contributed by atoms with Crippen molar-refractivity contribution in [1.29, 1.82) is 0 Å². The highest BCUT2D eigenvalue weighted by atomic mass is 35.5. The van der Waals surface area contributed by atoms with Crippen LogP contribution in [-0.4, -0.2) is 43.6 Å². The molecule has 0 bridgehead atoms. The molecule has 1 atom stereocenters. The number of carbonyl (C=O) groups excluding carboxylic acids is 1. The number of ether oxygens (including phenoxy) is 1. The molecule has 1 amide bonds. The number of alkyl halides is 3. The second kappa shape index (κ2) is 7.78. The fourth-order valence-electron chi connectivity index (χ4n) is 3.84. The highest BCUT2D eigenvalue weighted by Crippen LogP contribution is 2.33. The Morgan fingerprint density at radius 2 is 1.83 bits per heavy atom. The van der Waals surface area contributed by atoms with E-state index in [0.717, 1.165) is 23.4 Å². The van der Waals surface area contributed by atoms with Gasteiger partial charge in [0, 0.05) is 36.9 Å². The zero-order valence-corrected chi connectivity index (χ0v) is 16.3. The van der Waals surface area contributed by atoms with E-state index in [-0.39, 0.29) is 11.8 Å². The van der Waals surface area contributed by atoms with E-state index in [1.54, 1.807) is 17.0 Å². The molecule has 1 unspecified atom stereocenters. The molecule has 0 aromatic heterocycles. The maximum atomic E-state index is 12.9. The topological polar surface area (TPSA) is 32.8 Å². The van der Waals surface area contributed by atoms with Crippen LogP contribution in [0.4, 0.5) is 18.9 Å². The Labute approximate surface area is 171 Å². The molecule has 154 valence electrons. The first-order chi connectivity index (χ1) is 13.8. The van der Waals surface area contributed by atoms with Gasteiger partial charge in [0.1, 0.15) is 12.4 Å². The molecule has 0 saturated carbocycles. The number of rotatable bonds is 2. The Balaban J connectivity index is 1.38. The van der Waals surface area contributed by atoms with Crippen molar-refractivity contribution >= 4 is 23.2 Å². The molecule has 8 heteroatoms. The second-order valence-corrected chi connectivity index (χ2v) is 7.76. The third-order valence-electron chi connectivity index (χ3n) is 5.41. The van der Waals surface area contributed by atoms with Crippen LogP contribution >= 0.6 is 11.6 Å². The standard InChI is InChI=1S/C21H20ClF3N2O2/c22-17-4-5-19-14(11-17)10-15(13-29-19)20(28)27-8-6-26(7-9-27)18-3-1-2-16(12-18)21(23,24)25/h1-5,11-12,15H,6-10,13H2. The van der Waals surface area contributed by atoms with Crippen molar-refractivity contribution in [1.82, 2.24) is 4.90 Å². The number of carbonyl (C=O) groups is 1. The molecule has 2 heterocycles. The van der Waals surface area contributed by atoms with Crippen LogP contribution in [0.3, 0.4) is 0 Å². The molecule has 0 radical (unpaired) electrons. The molecule has 1 saturated heterocycles. The number of hydrogen-bond acceptors (Lipinski definition) is 3. The lowest BCUT2D eigenvalue weighted by Gasteiger charge is -2.38. The number of halogens is 4. The smallest absolute Gasteiger partial charge is 0.416 e. The summed E-state index contributed by atoms with van der Waals surface area (Å²) < 4.78 is 44.6. The number of nitrogens with zero attached hydrogens (tertiary/aromatic N) is 2. The maximum absolute atomic E-state index is 12.9. The van der Waals surface area contributed by atoms with E-state index in [1.165, 1.54) is 6.07 Å². The fraction of sp³-hybridized carbons (Fsp3) is 0.381. The van der Waals surface area contributed by atoms with Crippen LogP contribution in [0.2, 0.25) is 5.02 Å². The van der Waals surface area contributed by atoms with Gasteiger partial charge >= 0.3 is 6.18 Å². The van der Waals surface area contributed by atoms with Gasteiger partial charge in [-0.1, -0.05) is 17.7 Å². The molecular weight excluding hydrogens is 405 g/mol. The van der Waals surface area contributed by atoms with Gasteiger partial charge in [0.25, 0.3) is 0 Å². The van der Waals surface area contributed by atoms with E-state index in [1.807, 2.05) is 17.0 Å². The van der Waals surface area contributed by atoms with Crippen molar-refractivity contribution in [3.63, 3.8) is 0 Å². The van der Waals surface area contributed by atoms with E-state index in [2.05, 4.69) is 0 Å². The summed E-state index contributed by atoms with van der Waals surface area (Å²) in [5, 5.41) is 0.607. The van der Waals surface area contributed by atoms with Crippen LogP contribution in [0.5, 0.6) is 5.75 Å². The van der Waals surface area contributed by atoms with Crippen molar-refractivity contribution in [2.24, 2.45) is 5.92 Å². The third kappa shape index (κ3) is 4.29. The summed E-state index contributed by atoms with van der Waals surface area (Å²) in [5.74, 6) is 0.494. The molecule has 0 spiro atoms. The second-order valence-electron chi connectivity index (χ2n) is 7.32. The summed E-state index contributed by atoms with van der Waals surface area (Å²) in [6, 6.07) is 10.7. The Morgan fingerprint density at radius 1 is 1.07 bits per heavy atom. The SMILES string of the molecule is O=C(C1COc2ccc(Cl)cc2C1)N1CCN(c2cccc(C(F)(F)F)c2)CC1. The number of piperazine rings is 1. The average Bonchev–Trinajstić information content (AvgIpc) is 2.72. The lowest BCUT2D eigenvalue weighted by Crippen LogP contribution is -2.51. The summed E-state index contributed by atoms with van der Waals surface area (Å²) in [7, 11) is 0. The van der Waals surface area contributed by atoms with Gasteiger partial charge in [0.15, 0.2) is 0 Å². The zero-order valence-electron chi connectivity index (χ0n) is 15.6. The summed E-state index contributed by atoms with van der Waals surface area (Å²) >= 11 is 6.04. The van der Waals surface area contributed by atoms with Gasteiger partial charge in [0.2, 0.25) is 5.91 Å². The minimum atomic E-state index is -4.37. The van der Waals surface area contributed by atoms with Gasteiger partial charge in [-0.3, -0.25) is 4.79 Å². The van der Waals surface area contributed by atoms with Gasteiger partial charge < -0.3 is 14.5 Å². The van der Waals surface area contributed by atoms with Crippen LogP contribution < -0.4 is 9.64 Å². The Bertz CT molecular complexity index is 911. The van der Waals surface area contributed by atoms with Crippen LogP contribution in [0, 0.1) is 5.92 Å². The number of anilines is 1. The Kier molecular flexibility index (Phi) is 5.34. The third-order valence-corrected chi connectivity index (χ3v) is 5.64. The predicted octanol–water partition coefficient (Wildman–Crippen LogP) is 4.26. The number of fused-ring (bicyclic) bond motifs is 1. The maximum Gasteiger partial charge on any atom is 0.416 e. The first-order valence-corrected chi connectivity index (χ1v) is 9.81. The first-order valence-electron chi connectivity index (χ1n) is 9.43. The molecule has 1 fully saturated rings. The summed E-state index contributed by atoms with van der Waals surface area (Å²) in [6.45, 7) is 2.23. The highest BCUT2D eigenvalue weighted by Gasteiger charge is 2.33. The highest BCUT2D eigenvalue weighted by molar-refractivity contribution is 6.30. The van der Waals surface area contributed by atoms with Crippen LogP contribution in [0.15, 0.2) is 42.5 Å². The number of benzene rings is 2. The van der Waals surface area contributed by atoms with Gasteiger partial charge in [-0.2, -0.15) is 13.2 Å². The van der Waals surface area contributed by atoms with E-state index in [9.17, 15) is 18.0 Å². The lowest BCUT2D eigenvalue weighted by molar-refractivity contribution is -0.138. The Morgan fingerprint density at radius 3 is 2.55 bits per heavy atom. The molecule has 29 heavy (non-hydrogen) atoms. The van der Waals surface area contributed by atoms with Crippen molar-refractivity contribution in [3.8, 4) is 5.75 Å². The molecule has 2 aliphatic heterocycles.